The van der Waals surface area contributed by atoms with Crippen LogP contribution < -0.4 is 10.7 Å². The van der Waals surface area contributed by atoms with E-state index in [1.54, 1.807) is 0 Å². The molecule has 0 aromatic heterocycles. The van der Waals surface area contributed by atoms with Gasteiger partial charge in [-0.3, -0.25) is 4.79 Å². The summed E-state index contributed by atoms with van der Waals surface area (Å²) in [6.07, 6.45) is 0.903. The first kappa shape index (κ1) is 15.2. The van der Waals surface area contributed by atoms with Crippen molar-refractivity contribution in [1.29, 1.82) is 0 Å². The summed E-state index contributed by atoms with van der Waals surface area (Å²) in [5.74, 6) is -0.148. The van der Waals surface area contributed by atoms with Crippen molar-refractivity contribution in [3.05, 3.63) is 35.9 Å². The van der Waals surface area contributed by atoms with Gasteiger partial charge in [-0.2, -0.15) is 5.10 Å². The van der Waals surface area contributed by atoms with E-state index in [1.807, 2.05) is 58.0 Å². The Balaban J connectivity index is 2.95. The first-order valence-electron chi connectivity index (χ1n) is 6.62. The molecule has 0 saturated heterocycles. The maximum absolute atomic E-state index is 12.1. The molecule has 2 N–H and O–H groups in total. The predicted octanol–water partition coefficient (Wildman–Crippen LogP) is 2.30. The summed E-state index contributed by atoms with van der Waals surface area (Å²) >= 11 is 0. The SMILES string of the molecule is CCCNC(=O)/C(=N/NC(C)(C)C)c1ccccc1. The molecule has 0 aliphatic heterocycles. The summed E-state index contributed by atoms with van der Waals surface area (Å²) in [6, 6.07) is 9.48. The zero-order valence-corrected chi connectivity index (χ0v) is 12.2. The molecule has 1 aromatic carbocycles. The number of carbonyl (C=O) groups excluding carboxylic acids is 1. The van der Waals surface area contributed by atoms with Gasteiger partial charge >= 0.3 is 0 Å². The molecule has 4 nitrogen and oxygen atoms in total. The second kappa shape index (κ2) is 6.92. The fourth-order valence-electron chi connectivity index (χ4n) is 1.39. The maximum Gasteiger partial charge on any atom is 0.272 e. The van der Waals surface area contributed by atoms with E-state index in [4.69, 9.17) is 0 Å². The fourth-order valence-corrected chi connectivity index (χ4v) is 1.39. The molecule has 0 spiro atoms. The minimum atomic E-state index is -0.176. The summed E-state index contributed by atoms with van der Waals surface area (Å²) in [6.45, 7) is 8.68. The summed E-state index contributed by atoms with van der Waals surface area (Å²) in [5, 5.41) is 7.13. The third-order valence-electron chi connectivity index (χ3n) is 2.30. The Morgan fingerprint density at radius 3 is 2.37 bits per heavy atom. The molecule has 0 fully saturated rings. The lowest BCUT2D eigenvalue weighted by Crippen LogP contribution is -2.37. The van der Waals surface area contributed by atoms with E-state index in [-0.39, 0.29) is 11.4 Å². The molecular formula is C15H23N3O. The molecule has 0 heterocycles. The van der Waals surface area contributed by atoms with Gasteiger partial charge in [-0.15, -0.1) is 0 Å². The molecule has 104 valence electrons. The minimum absolute atomic E-state index is 0.148. The van der Waals surface area contributed by atoms with Crippen molar-refractivity contribution in [1.82, 2.24) is 10.7 Å². The Bertz CT molecular complexity index is 432. The highest BCUT2D eigenvalue weighted by Gasteiger charge is 2.15. The average molecular weight is 261 g/mol. The van der Waals surface area contributed by atoms with Crippen molar-refractivity contribution in [2.75, 3.05) is 6.54 Å². The maximum atomic E-state index is 12.1. The third kappa shape index (κ3) is 5.55. The zero-order chi connectivity index (χ0) is 14.3. The van der Waals surface area contributed by atoms with Crippen LogP contribution in [-0.2, 0) is 4.79 Å². The second-order valence-electron chi connectivity index (χ2n) is 5.44. The lowest BCUT2D eigenvalue weighted by molar-refractivity contribution is -0.114. The number of hydrazone groups is 1. The second-order valence-corrected chi connectivity index (χ2v) is 5.44. The van der Waals surface area contributed by atoms with Crippen LogP contribution in [0.25, 0.3) is 0 Å². The number of amides is 1. The number of rotatable bonds is 5. The van der Waals surface area contributed by atoms with Crippen LogP contribution in [0.2, 0.25) is 0 Å². The predicted molar refractivity (Wildman–Crippen MR) is 79.2 cm³/mol. The lowest BCUT2D eigenvalue weighted by atomic mass is 10.1. The van der Waals surface area contributed by atoms with Crippen molar-refractivity contribution in [3.8, 4) is 0 Å². The molecule has 0 saturated carbocycles. The van der Waals surface area contributed by atoms with Crippen molar-refractivity contribution >= 4 is 11.6 Å². The van der Waals surface area contributed by atoms with Gasteiger partial charge in [0.2, 0.25) is 0 Å². The molecule has 1 rings (SSSR count). The molecular weight excluding hydrogens is 238 g/mol. The van der Waals surface area contributed by atoms with Gasteiger partial charge in [-0.25, -0.2) is 0 Å². The van der Waals surface area contributed by atoms with E-state index in [1.165, 1.54) is 0 Å². The van der Waals surface area contributed by atoms with Crippen LogP contribution in [0.3, 0.4) is 0 Å². The third-order valence-corrected chi connectivity index (χ3v) is 2.30. The Kier molecular flexibility index (Phi) is 5.55. The highest BCUT2D eigenvalue weighted by atomic mass is 16.1. The highest BCUT2D eigenvalue weighted by molar-refractivity contribution is 6.45. The van der Waals surface area contributed by atoms with Gasteiger partial charge in [-0.1, -0.05) is 37.3 Å². The molecule has 1 aromatic rings. The van der Waals surface area contributed by atoms with Gasteiger partial charge in [0.05, 0.1) is 0 Å². The molecule has 0 bridgehead atoms. The number of benzene rings is 1. The van der Waals surface area contributed by atoms with Crippen LogP contribution in [0.4, 0.5) is 0 Å². The van der Waals surface area contributed by atoms with Crippen molar-refractivity contribution in [2.24, 2.45) is 5.10 Å². The zero-order valence-electron chi connectivity index (χ0n) is 12.2. The number of carbonyl (C=O) groups is 1. The summed E-state index contributed by atoms with van der Waals surface area (Å²) in [7, 11) is 0. The number of hydrogen-bond donors (Lipinski definition) is 2. The first-order valence-corrected chi connectivity index (χ1v) is 6.62. The number of hydrogen-bond acceptors (Lipinski definition) is 3. The van der Waals surface area contributed by atoms with Crippen molar-refractivity contribution in [2.45, 2.75) is 39.7 Å². The highest BCUT2D eigenvalue weighted by Crippen LogP contribution is 2.04. The Labute approximate surface area is 115 Å². The summed E-state index contributed by atoms with van der Waals surface area (Å²) in [5.41, 5.74) is 4.06. The average Bonchev–Trinajstić information content (AvgIpc) is 2.36. The Hall–Kier alpha value is -1.84. The standard InChI is InChI=1S/C15H23N3O/c1-5-11-16-14(19)13(17-18-15(2,3)4)12-9-7-6-8-10-12/h6-10,18H,5,11H2,1-4H3,(H,16,19)/b17-13+. The van der Waals surface area contributed by atoms with E-state index in [2.05, 4.69) is 15.8 Å². The van der Waals surface area contributed by atoms with Gasteiger partial charge < -0.3 is 10.7 Å². The Morgan fingerprint density at radius 1 is 1.21 bits per heavy atom. The first-order chi connectivity index (χ1) is 8.94. The van der Waals surface area contributed by atoms with Crippen LogP contribution in [-0.4, -0.2) is 23.7 Å². The van der Waals surface area contributed by atoms with E-state index in [0.29, 0.717) is 12.3 Å². The molecule has 0 radical (unpaired) electrons. The molecule has 0 aliphatic rings. The minimum Gasteiger partial charge on any atom is -0.351 e. The number of nitrogens with one attached hydrogen (secondary N) is 2. The summed E-state index contributed by atoms with van der Waals surface area (Å²) < 4.78 is 0. The molecule has 19 heavy (non-hydrogen) atoms. The van der Waals surface area contributed by atoms with Gasteiger partial charge in [0, 0.05) is 17.6 Å². The quantitative estimate of drug-likeness (QED) is 0.631. The lowest BCUT2D eigenvalue weighted by Gasteiger charge is -2.19. The van der Waals surface area contributed by atoms with Crippen molar-refractivity contribution in [3.63, 3.8) is 0 Å². The van der Waals surface area contributed by atoms with Crippen LogP contribution in [0.5, 0.6) is 0 Å². The van der Waals surface area contributed by atoms with Gasteiger partial charge in [-0.05, 0) is 27.2 Å². The van der Waals surface area contributed by atoms with Gasteiger partial charge in [0.15, 0.2) is 5.71 Å². The van der Waals surface area contributed by atoms with Crippen LogP contribution in [0.15, 0.2) is 35.4 Å². The van der Waals surface area contributed by atoms with E-state index in [9.17, 15) is 4.79 Å². The number of nitrogens with zero attached hydrogens (tertiary/aromatic N) is 1. The van der Waals surface area contributed by atoms with Crippen LogP contribution in [0, 0.1) is 0 Å². The van der Waals surface area contributed by atoms with E-state index >= 15 is 0 Å². The summed E-state index contributed by atoms with van der Waals surface area (Å²) in [4.78, 5) is 12.1. The normalized spacial score (nSPS) is 12.1. The molecule has 4 heteroatoms. The topological polar surface area (TPSA) is 53.5 Å². The van der Waals surface area contributed by atoms with E-state index in [0.717, 1.165) is 12.0 Å². The molecule has 0 aliphatic carbocycles. The van der Waals surface area contributed by atoms with Gasteiger partial charge in [0.1, 0.15) is 0 Å². The largest absolute Gasteiger partial charge is 0.351 e. The fraction of sp³-hybridized carbons (Fsp3) is 0.467. The van der Waals surface area contributed by atoms with Crippen LogP contribution in [0.1, 0.15) is 39.7 Å². The molecule has 0 unspecified atom stereocenters. The van der Waals surface area contributed by atoms with Gasteiger partial charge in [0.25, 0.3) is 5.91 Å². The molecule has 1 amide bonds. The monoisotopic (exact) mass is 261 g/mol. The van der Waals surface area contributed by atoms with E-state index < -0.39 is 0 Å². The van der Waals surface area contributed by atoms with Crippen molar-refractivity contribution < 1.29 is 4.79 Å². The smallest absolute Gasteiger partial charge is 0.272 e. The van der Waals surface area contributed by atoms with Crippen LogP contribution >= 0.6 is 0 Å². The Morgan fingerprint density at radius 2 is 1.84 bits per heavy atom. The molecule has 0 atom stereocenters.